The number of hydrogen-bond acceptors (Lipinski definition) is 2. The number of ketones is 1. The largest absolute Gasteiger partial charge is 0.300 e. The van der Waals surface area contributed by atoms with Gasteiger partial charge in [0.05, 0.1) is 0 Å². The Morgan fingerprint density at radius 2 is 1.81 bits per heavy atom. The number of nitrogens with zero attached hydrogens (tertiary/aromatic N) is 1. The highest BCUT2D eigenvalue weighted by Gasteiger charge is 2.35. The van der Waals surface area contributed by atoms with E-state index >= 15 is 0 Å². The van der Waals surface area contributed by atoms with Gasteiger partial charge in [-0.1, -0.05) is 30.0 Å². The molecule has 1 aliphatic heterocycles. The lowest BCUT2D eigenvalue weighted by molar-refractivity contribution is 0.0951. The molecule has 2 atom stereocenters. The maximum atomic E-state index is 12.4. The van der Waals surface area contributed by atoms with Gasteiger partial charge in [-0.25, -0.2) is 0 Å². The van der Waals surface area contributed by atoms with Gasteiger partial charge >= 0.3 is 0 Å². The van der Waals surface area contributed by atoms with Gasteiger partial charge in [-0.2, -0.15) is 0 Å². The fraction of sp³-hybridized carbons (Fsp3) is 0.632. The van der Waals surface area contributed by atoms with E-state index in [1.54, 1.807) is 0 Å². The van der Waals surface area contributed by atoms with Gasteiger partial charge in [-0.05, 0) is 57.7 Å². The third kappa shape index (κ3) is 3.37. The third-order valence-electron chi connectivity index (χ3n) is 5.29. The minimum Gasteiger partial charge on any atom is -0.300 e. The summed E-state index contributed by atoms with van der Waals surface area (Å²) in [7, 11) is 0. The van der Waals surface area contributed by atoms with Crippen LogP contribution in [0.3, 0.4) is 0 Å². The van der Waals surface area contributed by atoms with Crippen LogP contribution >= 0.6 is 0 Å². The molecule has 3 rings (SSSR count). The van der Waals surface area contributed by atoms with Crippen LogP contribution < -0.4 is 0 Å². The standard InChI is InChI=1S/C19H27NO/c1-14-11-15(2)13-17(12-14)19(21)8-10-20-9-7-16-5-3-4-6-18(16)20/h11-13,16,18H,3-10H2,1-2H3. The highest BCUT2D eigenvalue weighted by atomic mass is 16.1. The lowest BCUT2D eigenvalue weighted by Gasteiger charge is -2.31. The molecule has 2 unspecified atom stereocenters. The van der Waals surface area contributed by atoms with Gasteiger partial charge in [-0.15, -0.1) is 0 Å². The number of aryl methyl sites for hydroxylation is 2. The van der Waals surface area contributed by atoms with Gasteiger partial charge in [0.1, 0.15) is 0 Å². The number of carbonyl (C=O) groups excluding carboxylic acids is 1. The molecule has 21 heavy (non-hydrogen) atoms. The molecule has 0 radical (unpaired) electrons. The molecule has 1 aliphatic carbocycles. The molecule has 0 spiro atoms. The van der Waals surface area contributed by atoms with Crippen LogP contribution in [0.2, 0.25) is 0 Å². The van der Waals surface area contributed by atoms with Crippen molar-refractivity contribution in [2.24, 2.45) is 5.92 Å². The molecule has 0 N–H and O–H groups in total. The van der Waals surface area contributed by atoms with Gasteiger partial charge in [0, 0.05) is 24.6 Å². The Morgan fingerprint density at radius 1 is 1.10 bits per heavy atom. The molecule has 2 aliphatic rings. The van der Waals surface area contributed by atoms with Crippen molar-refractivity contribution in [3.05, 3.63) is 34.9 Å². The van der Waals surface area contributed by atoms with Gasteiger partial charge in [0.15, 0.2) is 5.78 Å². The van der Waals surface area contributed by atoms with Gasteiger partial charge < -0.3 is 0 Å². The van der Waals surface area contributed by atoms with E-state index in [1.165, 1.54) is 49.8 Å². The van der Waals surface area contributed by atoms with Gasteiger partial charge in [-0.3, -0.25) is 9.69 Å². The fourth-order valence-corrected chi connectivity index (χ4v) is 4.31. The topological polar surface area (TPSA) is 20.3 Å². The van der Waals surface area contributed by atoms with Crippen molar-refractivity contribution in [1.82, 2.24) is 4.90 Å². The quantitative estimate of drug-likeness (QED) is 0.775. The number of benzene rings is 1. The van der Waals surface area contributed by atoms with Gasteiger partial charge in [0.25, 0.3) is 0 Å². The molecule has 114 valence electrons. The first kappa shape index (κ1) is 14.8. The summed E-state index contributed by atoms with van der Waals surface area (Å²) >= 11 is 0. The predicted molar refractivity (Wildman–Crippen MR) is 86.8 cm³/mol. The summed E-state index contributed by atoms with van der Waals surface area (Å²) in [5.41, 5.74) is 3.27. The molecule has 1 saturated heterocycles. The van der Waals surface area contributed by atoms with Crippen molar-refractivity contribution < 1.29 is 4.79 Å². The smallest absolute Gasteiger partial charge is 0.164 e. The Bertz CT molecular complexity index is 502. The second-order valence-corrected chi connectivity index (χ2v) is 6.99. The number of likely N-dealkylation sites (tertiary alicyclic amines) is 1. The Hall–Kier alpha value is -1.15. The number of Topliss-reactive ketones (excluding diaryl/α,β-unsaturated/α-hetero) is 1. The predicted octanol–water partition coefficient (Wildman–Crippen LogP) is 4.14. The zero-order valence-electron chi connectivity index (χ0n) is 13.4. The molecule has 0 aromatic heterocycles. The van der Waals surface area contributed by atoms with Crippen LogP contribution in [0.15, 0.2) is 18.2 Å². The SMILES string of the molecule is Cc1cc(C)cc(C(=O)CCN2CCC3CCCCC32)c1. The first-order valence-corrected chi connectivity index (χ1v) is 8.49. The van der Waals surface area contributed by atoms with E-state index in [0.717, 1.165) is 24.1 Å². The summed E-state index contributed by atoms with van der Waals surface area (Å²) in [6, 6.07) is 6.96. The average Bonchev–Trinajstić information content (AvgIpc) is 2.87. The lowest BCUT2D eigenvalue weighted by Crippen LogP contribution is -2.36. The minimum atomic E-state index is 0.307. The third-order valence-corrected chi connectivity index (χ3v) is 5.29. The molecule has 1 aromatic carbocycles. The molecule has 1 saturated carbocycles. The van der Waals surface area contributed by atoms with E-state index in [-0.39, 0.29) is 0 Å². The number of hydrogen-bond donors (Lipinski definition) is 0. The van der Waals surface area contributed by atoms with Crippen molar-refractivity contribution in [3.8, 4) is 0 Å². The Labute approximate surface area is 128 Å². The van der Waals surface area contributed by atoms with Crippen LogP contribution in [0.5, 0.6) is 0 Å². The number of rotatable bonds is 4. The summed E-state index contributed by atoms with van der Waals surface area (Å²) in [6.45, 7) is 6.29. The van der Waals surface area contributed by atoms with E-state index in [9.17, 15) is 4.79 Å². The Balaban J connectivity index is 1.58. The molecule has 1 heterocycles. The summed E-state index contributed by atoms with van der Waals surface area (Å²) < 4.78 is 0. The Morgan fingerprint density at radius 3 is 2.57 bits per heavy atom. The molecule has 2 heteroatoms. The van der Waals surface area contributed by atoms with Crippen LogP contribution in [0.1, 0.15) is 60.0 Å². The van der Waals surface area contributed by atoms with E-state index in [2.05, 4.69) is 24.8 Å². The zero-order chi connectivity index (χ0) is 14.8. The molecule has 1 aromatic rings. The molecule has 2 nitrogen and oxygen atoms in total. The van der Waals surface area contributed by atoms with E-state index in [4.69, 9.17) is 0 Å². The average molecular weight is 285 g/mol. The first-order chi connectivity index (χ1) is 10.1. The molecule has 0 bridgehead atoms. The van der Waals surface area contributed by atoms with Crippen LogP contribution in [0, 0.1) is 19.8 Å². The van der Waals surface area contributed by atoms with Crippen molar-refractivity contribution in [3.63, 3.8) is 0 Å². The summed E-state index contributed by atoms with van der Waals surface area (Å²) in [5.74, 6) is 1.22. The zero-order valence-corrected chi connectivity index (χ0v) is 13.4. The van der Waals surface area contributed by atoms with Crippen molar-refractivity contribution >= 4 is 5.78 Å². The normalized spacial score (nSPS) is 25.8. The Kier molecular flexibility index (Phi) is 4.44. The second kappa shape index (κ2) is 6.31. The number of carbonyl (C=O) groups is 1. The van der Waals surface area contributed by atoms with Crippen LogP contribution in [-0.4, -0.2) is 29.8 Å². The molecule has 0 amide bonds. The van der Waals surface area contributed by atoms with Gasteiger partial charge in [0.2, 0.25) is 0 Å². The van der Waals surface area contributed by atoms with E-state index in [0.29, 0.717) is 12.2 Å². The highest BCUT2D eigenvalue weighted by Crippen LogP contribution is 2.36. The monoisotopic (exact) mass is 285 g/mol. The van der Waals surface area contributed by atoms with Crippen LogP contribution in [0.4, 0.5) is 0 Å². The van der Waals surface area contributed by atoms with Crippen LogP contribution in [0.25, 0.3) is 0 Å². The lowest BCUT2D eigenvalue weighted by atomic mass is 9.85. The molecule has 2 fully saturated rings. The number of fused-ring (bicyclic) bond motifs is 1. The minimum absolute atomic E-state index is 0.307. The summed E-state index contributed by atoms with van der Waals surface area (Å²) in [5, 5.41) is 0. The molecular formula is C19H27NO. The maximum Gasteiger partial charge on any atom is 0.164 e. The van der Waals surface area contributed by atoms with Crippen molar-refractivity contribution in [1.29, 1.82) is 0 Å². The van der Waals surface area contributed by atoms with Crippen LogP contribution in [-0.2, 0) is 0 Å². The van der Waals surface area contributed by atoms with E-state index in [1.807, 2.05) is 12.1 Å². The first-order valence-electron chi connectivity index (χ1n) is 8.49. The summed E-state index contributed by atoms with van der Waals surface area (Å²) in [6.07, 6.45) is 7.57. The fourth-order valence-electron chi connectivity index (χ4n) is 4.31. The van der Waals surface area contributed by atoms with Crippen molar-refractivity contribution in [2.75, 3.05) is 13.1 Å². The highest BCUT2D eigenvalue weighted by molar-refractivity contribution is 5.96. The van der Waals surface area contributed by atoms with E-state index < -0.39 is 0 Å². The summed E-state index contributed by atoms with van der Waals surface area (Å²) in [4.78, 5) is 15.0. The second-order valence-electron chi connectivity index (χ2n) is 6.99. The van der Waals surface area contributed by atoms with Crippen molar-refractivity contribution in [2.45, 2.75) is 58.4 Å². The molecular weight excluding hydrogens is 258 g/mol. The maximum absolute atomic E-state index is 12.4.